The normalized spacial score (nSPS) is 26.6. The van der Waals surface area contributed by atoms with Crippen LogP contribution < -0.4 is 5.32 Å². The first-order valence-electron chi connectivity index (χ1n) is 6.40. The molecule has 2 rings (SSSR count). The van der Waals surface area contributed by atoms with E-state index in [-0.39, 0.29) is 17.0 Å². The molecule has 0 spiro atoms. The van der Waals surface area contributed by atoms with Crippen LogP contribution in [-0.2, 0) is 21.8 Å². The minimum atomic E-state index is -2.89. The number of nitrogens with zero attached hydrogens (tertiary/aromatic N) is 2. The van der Waals surface area contributed by atoms with Crippen LogP contribution in [0.3, 0.4) is 0 Å². The highest BCUT2D eigenvalue weighted by Crippen LogP contribution is 2.30. The van der Waals surface area contributed by atoms with Crippen LogP contribution in [-0.4, -0.2) is 42.8 Å². The van der Waals surface area contributed by atoms with Crippen molar-refractivity contribution in [3.8, 4) is 0 Å². The Morgan fingerprint density at radius 2 is 2.33 bits per heavy atom. The van der Waals surface area contributed by atoms with Crippen molar-refractivity contribution < 1.29 is 8.42 Å². The zero-order chi connectivity index (χ0) is 13.2. The van der Waals surface area contributed by atoms with E-state index >= 15 is 0 Å². The molecule has 2 heterocycles. The van der Waals surface area contributed by atoms with Gasteiger partial charge >= 0.3 is 0 Å². The lowest BCUT2D eigenvalue weighted by molar-refractivity contribution is 0.328. The van der Waals surface area contributed by atoms with E-state index in [1.54, 1.807) is 0 Å². The summed E-state index contributed by atoms with van der Waals surface area (Å²) in [4.78, 5) is 0. The van der Waals surface area contributed by atoms with Gasteiger partial charge in [-0.1, -0.05) is 6.92 Å². The first-order valence-corrected chi connectivity index (χ1v) is 8.22. The van der Waals surface area contributed by atoms with Gasteiger partial charge in [0.05, 0.1) is 23.2 Å². The van der Waals surface area contributed by atoms with E-state index in [4.69, 9.17) is 0 Å². The number of hydrogen-bond donors (Lipinski definition) is 1. The highest BCUT2D eigenvalue weighted by molar-refractivity contribution is 7.91. The molecule has 102 valence electrons. The lowest BCUT2D eigenvalue weighted by Crippen LogP contribution is -2.31. The molecule has 0 radical (unpaired) electrons. The molecule has 0 saturated carbocycles. The first kappa shape index (κ1) is 13.5. The van der Waals surface area contributed by atoms with Crippen LogP contribution in [0.4, 0.5) is 0 Å². The van der Waals surface area contributed by atoms with E-state index in [0.29, 0.717) is 6.42 Å². The third kappa shape index (κ3) is 2.92. The first-order chi connectivity index (χ1) is 8.45. The molecule has 1 aliphatic rings. The Labute approximate surface area is 108 Å². The van der Waals surface area contributed by atoms with Crippen LogP contribution in [0.2, 0.25) is 0 Å². The fourth-order valence-electron chi connectivity index (χ4n) is 2.37. The fourth-order valence-corrected chi connectivity index (χ4v) is 4.49. The van der Waals surface area contributed by atoms with Crippen LogP contribution in [0, 0.1) is 0 Å². The molecule has 5 nitrogen and oxygen atoms in total. The van der Waals surface area contributed by atoms with E-state index in [1.165, 1.54) is 0 Å². The smallest absolute Gasteiger partial charge is 0.152 e. The van der Waals surface area contributed by atoms with E-state index in [9.17, 15) is 8.42 Å². The van der Waals surface area contributed by atoms with Gasteiger partial charge in [-0.15, -0.1) is 0 Å². The lowest BCUT2D eigenvalue weighted by Gasteiger charge is -2.22. The highest BCUT2D eigenvalue weighted by Gasteiger charge is 2.40. The predicted molar refractivity (Wildman–Crippen MR) is 71.4 cm³/mol. The number of sulfone groups is 1. The molecule has 18 heavy (non-hydrogen) atoms. The maximum absolute atomic E-state index is 11.6. The van der Waals surface area contributed by atoms with Gasteiger partial charge < -0.3 is 5.32 Å². The maximum Gasteiger partial charge on any atom is 0.152 e. The lowest BCUT2D eigenvalue weighted by atomic mass is 10.0. The van der Waals surface area contributed by atoms with Gasteiger partial charge in [0, 0.05) is 6.20 Å². The largest absolute Gasteiger partial charge is 0.317 e. The minimum absolute atomic E-state index is 0.203. The Morgan fingerprint density at radius 1 is 1.56 bits per heavy atom. The number of rotatable bonds is 5. The van der Waals surface area contributed by atoms with Crippen LogP contribution >= 0.6 is 0 Å². The number of hydrogen-bond acceptors (Lipinski definition) is 4. The van der Waals surface area contributed by atoms with E-state index in [0.717, 1.165) is 25.1 Å². The summed E-state index contributed by atoms with van der Waals surface area (Å²) in [5.74, 6) is 0.477. The molecular weight excluding hydrogens is 250 g/mol. The van der Waals surface area contributed by atoms with Crippen LogP contribution in [0.1, 0.15) is 25.8 Å². The van der Waals surface area contributed by atoms with Crippen molar-refractivity contribution in [1.82, 2.24) is 15.1 Å². The Balaban J connectivity index is 2.06. The van der Waals surface area contributed by atoms with Crippen molar-refractivity contribution in [2.24, 2.45) is 0 Å². The molecule has 0 aromatic carbocycles. The third-order valence-electron chi connectivity index (χ3n) is 3.51. The predicted octanol–water partition coefficient (Wildman–Crippen LogP) is 0.569. The second-order valence-electron chi connectivity index (χ2n) is 5.24. The van der Waals surface area contributed by atoms with Gasteiger partial charge in [-0.25, -0.2) is 8.42 Å². The average molecular weight is 271 g/mol. The van der Waals surface area contributed by atoms with Crippen LogP contribution in [0.25, 0.3) is 0 Å². The molecule has 1 saturated heterocycles. The zero-order valence-corrected chi connectivity index (χ0v) is 11.8. The molecule has 1 aromatic rings. The van der Waals surface area contributed by atoms with Crippen LogP contribution in [0.5, 0.6) is 0 Å². The monoisotopic (exact) mass is 271 g/mol. The Kier molecular flexibility index (Phi) is 3.77. The third-order valence-corrected chi connectivity index (χ3v) is 5.40. The summed E-state index contributed by atoms with van der Waals surface area (Å²) in [6.45, 7) is 5.94. The summed E-state index contributed by atoms with van der Waals surface area (Å²) in [6, 6.07) is 0. The van der Waals surface area contributed by atoms with Gasteiger partial charge in [0.15, 0.2) is 9.84 Å². The Morgan fingerprint density at radius 3 is 2.94 bits per heavy atom. The molecule has 0 bridgehead atoms. The quantitative estimate of drug-likeness (QED) is 0.795. The number of likely N-dealkylation sites (N-methyl/N-ethyl adjacent to an activating group) is 1. The maximum atomic E-state index is 11.6. The second-order valence-corrected chi connectivity index (χ2v) is 7.42. The SMILES string of the molecule is CCNCCc1cnn(C2(C)CCS(=O)(=O)C2)c1. The van der Waals surface area contributed by atoms with Crippen molar-refractivity contribution in [1.29, 1.82) is 0 Å². The van der Waals surface area contributed by atoms with Gasteiger partial charge in [-0.05, 0) is 38.4 Å². The second kappa shape index (κ2) is 5.01. The number of aromatic nitrogens is 2. The molecule has 1 unspecified atom stereocenters. The van der Waals surface area contributed by atoms with Crippen LogP contribution in [0.15, 0.2) is 12.4 Å². The number of nitrogens with one attached hydrogen (secondary N) is 1. The van der Waals surface area contributed by atoms with Gasteiger partial charge in [0.2, 0.25) is 0 Å². The van der Waals surface area contributed by atoms with Gasteiger partial charge in [0.25, 0.3) is 0 Å². The standard InChI is InChI=1S/C12H21N3O2S/c1-3-13-6-4-11-8-14-15(9-11)12(2)5-7-18(16,17)10-12/h8-9,13H,3-7,10H2,1-2H3. The minimum Gasteiger partial charge on any atom is -0.317 e. The van der Waals surface area contributed by atoms with Crippen molar-refractivity contribution in [2.45, 2.75) is 32.2 Å². The van der Waals surface area contributed by atoms with Crippen molar-refractivity contribution in [2.75, 3.05) is 24.6 Å². The van der Waals surface area contributed by atoms with Gasteiger partial charge in [-0.2, -0.15) is 5.10 Å². The van der Waals surface area contributed by atoms with E-state index in [1.807, 2.05) is 24.0 Å². The molecule has 6 heteroatoms. The van der Waals surface area contributed by atoms with Crippen molar-refractivity contribution >= 4 is 9.84 Å². The molecule has 1 atom stereocenters. The van der Waals surface area contributed by atoms with E-state index < -0.39 is 9.84 Å². The Bertz CT molecular complexity index is 509. The summed E-state index contributed by atoms with van der Waals surface area (Å²) < 4.78 is 25.0. The molecule has 0 amide bonds. The summed E-state index contributed by atoms with van der Waals surface area (Å²) >= 11 is 0. The molecular formula is C12H21N3O2S. The zero-order valence-electron chi connectivity index (χ0n) is 11.0. The van der Waals surface area contributed by atoms with Crippen molar-refractivity contribution in [3.05, 3.63) is 18.0 Å². The molecule has 1 N–H and O–H groups in total. The highest BCUT2D eigenvalue weighted by atomic mass is 32.2. The summed E-state index contributed by atoms with van der Waals surface area (Å²) in [6.07, 6.45) is 5.41. The summed E-state index contributed by atoms with van der Waals surface area (Å²) in [7, 11) is -2.89. The summed E-state index contributed by atoms with van der Waals surface area (Å²) in [5, 5.41) is 7.60. The van der Waals surface area contributed by atoms with E-state index in [2.05, 4.69) is 17.3 Å². The summed E-state index contributed by atoms with van der Waals surface area (Å²) in [5.41, 5.74) is 0.788. The van der Waals surface area contributed by atoms with Gasteiger partial charge in [-0.3, -0.25) is 4.68 Å². The van der Waals surface area contributed by atoms with Gasteiger partial charge in [0.1, 0.15) is 0 Å². The average Bonchev–Trinajstić information content (AvgIpc) is 2.85. The van der Waals surface area contributed by atoms with Crippen molar-refractivity contribution in [3.63, 3.8) is 0 Å². The molecule has 1 aromatic heterocycles. The molecule has 1 fully saturated rings. The fraction of sp³-hybridized carbons (Fsp3) is 0.750. The molecule has 0 aliphatic carbocycles. The molecule has 1 aliphatic heterocycles. The topological polar surface area (TPSA) is 64.0 Å². The Hall–Kier alpha value is -0.880.